The molecule has 2 amide bonds. The minimum atomic E-state index is -1.66. The first-order valence-electron chi connectivity index (χ1n) is 8.75. The number of carbonyl (C=O) groups excluding carboxylic acids is 2. The van der Waals surface area contributed by atoms with Gasteiger partial charge < -0.3 is 15.5 Å². The summed E-state index contributed by atoms with van der Waals surface area (Å²) in [6.45, 7) is 2.09. The molecule has 0 aromatic heterocycles. The molecule has 0 radical (unpaired) electrons. The summed E-state index contributed by atoms with van der Waals surface area (Å²) in [6, 6.07) is 1.39. The van der Waals surface area contributed by atoms with Gasteiger partial charge in [0.25, 0.3) is 0 Å². The highest BCUT2D eigenvalue weighted by molar-refractivity contribution is 5.93. The van der Waals surface area contributed by atoms with Crippen LogP contribution in [0, 0.1) is 6.92 Å². The van der Waals surface area contributed by atoms with Crippen LogP contribution in [0.3, 0.4) is 0 Å². The topological polar surface area (TPSA) is 173 Å². The summed E-state index contributed by atoms with van der Waals surface area (Å²) in [5.74, 6) is -3.02. The van der Waals surface area contributed by atoms with Crippen molar-refractivity contribution in [2.24, 2.45) is 5.11 Å². The monoisotopic (exact) mass is 392 g/mol. The summed E-state index contributed by atoms with van der Waals surface area (Å²) in [5.41, 5.74) is 9.87. The van der Waals surface area contributed by atoms with Gasteiger partial charge in [0.05, 0.1) is 12.8 Å². The SMILES string of the molecule is Cc1c(O)cc(N=[N+]=[N-])cc1NCCCCC(C(=O)O)[N+]1(O)C(=O)CCC1=O. The Bertz CT molecular complexity index is 833. The molecule has 28 heavy (non-hydrogen) atoms. The van der Waals surface area contributed by atoms with Crippen LogP contribution in [0.4, 0.5) is 11.4 Å². The van der Waals surface area contributed by atoms with Crippen molar-refractivity contribution in [1.82, 2.24) is 0 Å². The van der Waals surface area contributed by atoms with Crippen LogP contribution in [0.5, 0.6) is 5.75 Å². The summed E-state index contributed by atoms with van der Waals surface area (Å²) in [5, 5.41) is 36.0. The number of unbranched alkanes of at least 4 members (excludes halogenated alkanes) is 1. The van der Waals surface area contributed by atoms with E-state index in [0.29, 0.717) is 30.6 Å². The average molecular weight is 392 g/mol. The van der Waals surface area contributed by atoms with Crippen LogP contribution >= 0.6 is 0 Å². The molecule has 0 saturated carbocycles. The number of phenolic OH excluding ortho intramolecular Hbond substituents is 1. The van der Waals surface area contributed by atoms with Crippen LogP contribution in [0.15, 0.2) is 17.2 Å². The summed E-state index contributed by atoms with van der Waals surface area (Å²) in [6.07, 6.45) is 0.453. The van der Waals surface area contributed by atoms with Crippen LogP contribution in [0.1, 0.15) is 37.7 Å². The Morgan fingerprint density at radius 2 is 1.96 bits per heavy atom. The number of hydroxylamine groups is 3. The van der Waals surface area contributed by atoms with Gasteiger partial charge in [-0.3, -0.25) is 0 Å². The molecule has 1 unspecified atom stereocenters. The van der Waals surface area contributed by atoms with Gasteiger partial charge in [0, 0.05) is 34.8 Å². The number of carbonyl (C=O) groups is 3. The van der Waals surface area contributed by atoms with E-state index in [1.807, 2.05) is 0 Å². The molecule has 150 valence electrons. The van der Waals surface area contributed by atoms with Gasteiger partial charge in [-0.2, -0.15) is 0 Å². The first kappa shape index (κ1) is 21.2. The maximum Gasteiger partial charge on any atom is 0.366 e. The molecule has 0 aliphatic carbocycles. The van der Waals surface area contributed by atoms with Crippen LogP contribution in [-0.2, 0) is 14.4 Å². The maximum absolute atomic E-state index is 11.8. The van der Waals surface area contributed by atoms with Gasteiger partial charge >= 0.3 is 17.8 Å². The molecule has 0 bridgehead atoms. The van der Waals surface area contributed by atoms with Gasteiger partial charge in [0.15, 0.2) is 0 Å². The highest BCUT2D eigenvalue weighted by Gasteiger charge is 2.58. The van der Waals surface area contributed by atoms with Gasteiger partial charge in [0.2, 0.25) is 6.04 Å². The number of rotatable bonds is 9. The second-order valence-electron chi connectivity index (χ2n) is 6.58. The number of nitrogens with zero attached hydrogens (tertiary/aromatic N) is 4. The van der Waals surface area contributed by atoms with Crippen molar-refractivity contribution in [2.75, 3.05) is 11.9 Å². The molecule has 1 heterocycles. The number of quaternary nitrogens is 1. The molecule has 1 aliphatic rings. The Morgan fingerprint density at radius 3 is 2.54 bits per heavy atom. The molecule has 1 fully saturated rings. The smallest absolute Gasteiger partial charge is 0.366 e. The first-order valence-corrected chi connectivity index (χ1v) is 8.75. The van der Waals surface area contributed by atoms with Crippen molar-refractivity contribution >= 4 is 29.2 Å². The molecule has 0 spiro atoms. The van der Waals surface area contributed by atoms with Crippen LogP contribution in [0.25, 0.3) is 10.4 Å². The van der Waals surface area contributed by atoms with E-state index in [2.05, 4.69) is 15.3 Å². The minimum absolute atomic E-state index is 0.0314. The zero-order chi connectivity index (χ0) is 20.9. The predicted octanol–water partition coefficient (Wildman–Crippen LogP) is 2.73. The van der Waals surface area contributed by atoms with Crippen LogP contribution in [0.2, 0.25) is 0 Å². The van der Waals surface area contributed by atoms with Crippen molar-refractivity contribution in [3.63, 3.8) is 0 Å². The highest BCUT2D eigenvalue weighted by atomic mass is 16.6. The maximum atomic E-state index is 11.8. The molecule has 1 aliphatic heterocycles. The highest BCUT2D eigenvalue weighted by Crippen LogP contribution is 2.31. The first-order chi connectivity index (χ1) is 13.2. The molecule has 1 saturated heterocycles. The number of hydrogen-bond acceptors (Lipinski definition) is 7. The van der Waals surface area contributed by atoms with Crippen molar-refractivity contribution < 1.29 is 34.5 Å². The lowest BCUT2D eigenvalue weighted by Crippen LogP contribution is -2.59. The molecular formula is C17H22N5O6+. The Morgan fingerprint density at radius 1 is 1.32 bits per heavy atom. The average Bonchev–Trinajstić information content (AvgIpc) is 2.89. The second-order valence-corrected chi connectivity index (χ2v) is 6.58. The van der Waals surface area contributed by atoms with Crippen LogP contribution < -0.4 is 5.32 Å². The summed E-state index contributed by atoms with van der Waals surface area (Å²) >= 11 is 0. The van der Waals surface area contributed by atoms with Gasteiger partial charge in [-0.05, 0) is 42.1 Å². The number of benzene rings is 1. The number of imide groups is 1. The molecule has 11 nitrogen and oxygen atoms in total. The third-order valence-corrected chi connectivity index (χ3v) is 4.79. The zero-order valence-electron chi connectivity index (χ0n) is 15.3. The standard InChI is InChI=1S/C17H21N5O6/c1-10-12(8-11(20-21-18)9-14(10)23)19-7-3-2-4-13(17(26)27)22(28)15(24)5-6-16(22)25/h8-9,13,19,28H,2-7H2,1H3,(H-,23,26,27)/p+1. The van der Waals surface area contributed by atoms with E-state index in [1.54, 1.807) is 13.0 Å². The number of amides is 2. The molecule has 1 atom stereocenters. The Kier molecular flexibility index (Phi) is 6.57. The third kappa shape index (κ3) is 4.22. The van der Waals surface area contributed by atoms with E-state index in [0.717, 1.165) is 0 Å². The van der Waals surface area contributed by atoms with Gasteiger partial charge in [-0.15, -0.1) is 0 Å². The molecular weight excluding hydrogens is 370 g/mol. The molecule has 11 heteroatoms. The largest absolute Gasteiger partial charge is 0.508 e. The lowest BCUT2D eigenvalue weighted by molar-refractivity contribution is -0.984. The number of aromatic hydroxyl groups is 1. The molecule has 2 rings (SSSR count). The van der Waals surface area contributed by atoms with Crippen molar-refractivity contribution in [3.05, 3.63) is 28.1 Å². The van der Waals surface area contributed by atoms with E-state index in [-0.39, 0.29) is 30.7 Å². The Labute approximate surface area is 160 Å². The summed E-state index contributed by atoms with van der Waals surface area (Å²) in [7, 11) is 0. The number of nitrogens with one attached hydrogen (secondary N) is 1. The lowest BCUT2D eigenvalue weighted by atomic mass is 10.1. The van der Waals surface area contributed by atoms with E-state index in [9.17, 15) is 29.8 Å². The molecule has 4 N–H and O–H groups in total. The number of azide groups is 1. The minimum Gasteiger partial charge on any atom is -0.508 e. The van der Waals surface area contributed by atoms with Gasteiger partial charge in [0.1, 0.15) is 5.75 Å². The van der Waals surface area contributed by atoms with Crippen molar-refractivity contribution in [1.29, 1.82) is 0 Å². The van der Waals surface area contributed by atoms with Gasteiger partial charge in [-0.1, -0.05) is 5.11 Å². The molecule has 1 aromatic rings. The fraction of sp³-hybridized carbons (Fsp3) is 0.471. The van der Waals surface area contributed by atoms with E-state index < -0.39 is 28.5 Å². The van der Waals surface area contributed by atoms with E-state index in [1.165, 1.54) is 6.07 Å². The number of aliphatic carboxylic acids is 1. The van der Waals surface area contributed by atoms with Crippen molar-refractivity contribution in [2.45, 2.75) is 45.1 Å². The Balaban J connectivity index is 1.95. The number of anilines is 1. The number of hydrogen-bond donors (Lipinski definition) is 4. The quantitative estimate of drug-likeness (QED) is 0.0950. The molecule has 1 aromatic carbocycles. The second kappa shape index (κ2) is 8.70. The summed E-state index contributed by atoms with van der Waals surface area (Å²) < 4.78 is -1.66. The fourth-order valence-corrected chi connectivity index (χ4v) is 3.17. The van der Waals surface area contributed by atoms with Crippen molar-refractivity contribution in [3.8, 4) is 5.75 Å². The predicted molar refractivity (Wildman–Crippen MR) is 96.7 cm³/mol. The third-order valence-electron chi connectivity index (χ3n) is 4.79. The number of carboxylic acids is 1. The fourth-order valence-electron chi connectivity index (χ4n) is 3.17. The Hall–Kier alpha value is -3.14. The number of carboxylic acid groups (broad SMARTS) is 1. The summed E-state index contributed by atoms with van der Waals surface area (Å²) in [4.78, 5) is 37.9. The normalized spacial score (nSPS) is 16.5. The lowest BCUT2D eigenvalue weighted by Gasteiger charge is -2.26. The number of phenols is 1. The van der Waals surface area contributed by atoms with Crippen LogP contribution in [-0.4, -0.2) is 50.4 Å². The number of likely N-dealkylation sites (tertiary alicyclic amines) is 1. The van der Waals surface area contributed by atoms with E-state index >= 15 is 0 Å². The van der Waals surface area contributed by atoms with Gasteiger partial charge in [-0.25, -0.2) is 19.6 Å². The van der Waals surface area contributed by atoms with E-state index in [4.69, 9.17) is 5.53 Å². The zero-order valence-corrected chi connectivity index (χ0v) is 15.3.